The van der Waals surface area contributed by atoms with Gasteiger partial charge in [0.2, 0.25) is 0 Å². The van der Waals surface area contributed by atoms with Crippen molar-refractivity contribution in [1.29, 1.82) is 0 Å². The second-order valence-electron chi connectivity index (χ2n) is 4.85. The number of hydrogen-bond acceptors (Lipinski definition) is 5. The average molecular weight is 284 g/mol. The van der Waals surface area contributed by atoms with E-state index in [4.69, 9.17) is 0 Å². The smallest absolute Gasteiger partial charge is 0.320 e. The molecule has 0 aromatic carbocycles. The van der Waals surface area contributed by atoms with Gasteiger partial charge in [-0.15, -0.1) is 10.2 Å². The molecule has 108 valence electrons. The van der Waals surface area contributed by atoms with Gasteiger partial charge in [0.25, 0.3) is 0 Å². The molecule has 1 aliphatic rings. The Bertz CT molecular complexity index is 597. The van der Waals surface area contributed by atoms with Gasteiger partial charge in [0, 0.05) is 12.2 Å². The van der Waals surface area contributed by atoms with Crippen LogP contribution >= 0.6 is 0 Å². The highest BCUT2D eigenvalue weighted by molar-refractivity contribution is 5.88. The zero-order valence-corrected chi connectivity index (χ0v) is 11.4. The van der Waals surface area contributed by atoms with E-state index in [1.54, 1.807) is 18.3 Å². The molecule has 0 saturated heterocycles. The van der Waals surface area contributed by atoms with Crippen LogP contribution in [0.3, 0.4) is 0 Å². The van der Waals surface area contributed by atoms with E-state index >= 15 is 0 Å². The van der Waals surface area contributed by atoms with Crippen LogP contribution in [0.25, 0.3) is 0 Å². The fourth-order valence-electron chi connectivity index (χ4n) is 1.74. The van der Waals surface area contributed by atoms with E-state index in [9.17, 15) is 4.79 Å². The molecule has 21 heavy (non-hydrogen) atoms. The van der Waals surface area contributed by atoms with Crippen molar-refractivity contribution in [3.05, 3.63) is 42.2 Å². The van der Waals surface area contributed by atoms with Gasteiger partial charge in [-0.1, -0.05) is 6.07 Å². The van der Waals surface area contributed by atoms with E-state index in [1.165, 1.54) is 0 Å². The second-order valence-corrected chi connectivity index (χ2v) is 4.85. The van der Waals surface area contributed by atoms with Gasteiger partial charge in [0.1, 0.15) is 5.82 Å². The van der Waals surface area contributed by atoms with Crippen molar-refractivity contribution >= 4 is 17.7 Å². The van der Waals surface area contributed by atoms with Crippen molar-refractivity contribution in [2.45, 2.75) is 25.4 Å². The van der Waals surface area contributed by atoms with Gasteiger partial charge in [0.05, 0.1) is 12.2 Å². The third-order valence-corrected chi connectivity index (χ3v) is 3.00. The Hall–Kier alpha value is -2.70. The molecule has 0 radical (unpaired) electrons. The number of aromatic nitrogens is 3. The molecule has 1 fully saturated rings. The van der Waals surface area contributed by atoms with Gasteiger partial charge < -0.3 is 10.6 Å². The van der Waals surface area contributed by atoms with Gasteiger partial charge in [-0.2, -0.15) is 0 Å². The van der Waals surface area contributed by atoms with E-state index in [1.807, 2.05) is 18.2 Å². The third-order valence-electron chi connectivity index (χ3n) is 3.00. The van der Waals surface area contributed by atoms with Crippen LogP contribution in [-0.4, -0.2) is 27.3 Å². The summed E-state index contributed by atoms with van der Waals surface area (Å²) in [6.45, 7) is 0.574. The Morgan fingerprint density at radius 2 is 1.95 bits per heavy atom. The number of anilines is 2. The maximum atomic E-state index is 11.5. The molecule has 0 unspecified atom stereocenters. The lowest BCUT2D eigenvalue weighted by atomic mass is 10.3. The first-order valence-corrected chi connectivity index (χ1v) is 6.84. The summed E-state index contributed by atoms with van der Waals surface area (Å²) in [6, 6.07) is 9.29. The predicted octanol–water partition coefficient (Wildman–Crippen LogP) is 1.77. The van der Waals surface area contributed by atoms with Crippen LogP contribution in [0.5, 0.6) is 0 Å². The van der Waals surface area contributed by atoms with Gasteiger partial charge in [-0.25, -0.2) is 4.79 Å². The summed E-state index contributed by atoms with van der Waals surface area (Å²) in [7, 11) is 0. The molecular formula is C14H16N6O. The predicted molar refractivity (Wildman–Crippen MR) is 78.8 cm³/mol. The van der Waals surface area contributed by atoms with Crippen LogP contribution in [-0.2, 0) is 6.54 Å². The molecule has 7 heteroatoms. The molecule has 3 N–H and O–H groups in total. The SMILES string of the molecule is O=C(Nc1ccc(NCc2ccccn2)nn1)NC1CC1. The number of nitrogens with one attached hydrogen (secondary N) is 3. The first-order valence-electron chi connectivity index (χ1n) is 6.84. The quantitative estimate of drug-likeness (QED) is 0.778. The molecular weight excluding hydrogens is 268 g/mol. The molecule has 0 aliphatic heterocycles. The van der Waals surface area contributed by atoms with E-state index in [2.05, 4.69) is 31.1 Å². The van der Waals surface area contributed by atoms with E-state index < -0.39 is 0 Å². The largest absolute Gasteiger partial charge is 0.363 e. The summed E-state index contributed by atoms with van der Waals surface area (Å²) in [5, 5.41) is 16.6. The number of amides is 2. The summed E-state index contributed by atoms with van der Waals surface area (Å²) in [6.07, 6.45) is 3.85. The van der Waals surface area contributed by atoms with Crippen LogP contribution in [0, 0.1) is 0 Å². The molecule has 2 aromatic rings. The zero-order valence-electron chi connectivity index (χ0n) is 11.4. The Morgan fingerprint density at radius 1 is 1.14 bits per heavy atom. The molecule has 1 saturated carbocycles. The number of urea groups is 1. The Morgan fingerprint density at radius 3 is 2.62 bits per heavy atom. The molecule has 7 nitrogen and oxygen atoms in total. The molecule has 2 amide bonds. The summed E-state index contributed by atoms with van der Waals surface area (Å²) < 4.78 is 0. The second kappa shape index (κ2) is 6.17. The van der Waals surface area contributed by atoms with Crippen molar-refractivity contribution < 1.29 is 4.79 Å². The minimum absolute atomic E-state index is 0.235. The zero-order chi connectivity index (χ0) is 14.5. The highest BCUT2D eigenvalue weighted by atomic mass is 16.2. The van der Waals surface area contributed by atoms with Gasteiger partial charge in [0.15, 0.2) is 5.82 Å². The van der Waals surface area contributed by atoms with Crippen molar-refractivity contribution in [3.63, 3.8) is 0 Å². The average Bonchev–Trinajstić information content (AvgIpc) is 3.31. The summed E-state index contributed by atoms with van der Waals surface area (Å²) in [5.74, 6) is 1.06. The highest BCUT2D eigenvalue weighted by Crippen LogP contribution is 2.18. The summed E-state index contributed by atoms with van der Waals surface area (Å²) in [5.41, 5.74) is 0.922. The van der Waals surface area contributed by atoms with Crippen LogP contribution in [0.15, 0.2) is 36.5 Å². The number of nitrogens with zero attached hydrogens (tertiary/aromatic N) is 3. The lowest BCUT2D eigenvalue weighted by Gasteiger charge is -2.07. The maximum Gasteiger partial charge on any atom is 0.320 e. The molecule has 2 heterocycles. The fourth-order valence-corrected chi connectivity index (χ4v) is 1.74. The van der Waals surface area contributed by atoms with Crippen LogP contribution < -0.4 is 16.0 Å². The van der Waals surface area contributed by atoms with Crippen molar-refractivity contribution in [1.82, 2.24) is 20.5 Å². The van der Waals surface area contributed by atoms with Crippen molar-refractivity contribution in [2.24, 2.45) is 0 Å². The Kier molecular flexibility index (Phi) is 3.90. The topological polar surface area (TPSA) is 91.8 Å². The van der Waals surface area contributed by atoms with Crippen molar-refractivity contribution in [2.75, 3.05) is 10.6 Å². The highest BCUT2D eigenvalue weighted by Gasteiger charge is 2.23. The number of hydrogen-bond donors (Lipinski definition) is 3. The van der Waals surface area contributed by atoms with Crippen molar-refractivity contribution in [3.8, 4) is 0 Å². The van der Waals surface area contributed by atoms with Crippen LogP contribution in [0.4, 0.5) is 16.4 Å². The summed E-state index contributed by atoms with van der Waals surface area (Å²) >= 11 is 0. The van der Waals surface area contributed by atoms with Crippen LogP contribution in [0.1, 0.15) is 18.5 Å². The normalized spacial score (nSPS) is 13.5. The Balaban J connectivity index is 1.50. The lowest BCUT2D eigenvalue weighted by molar-refractivity contribution is 0.251. The lowest BCUT2D eigenvalue weighted by Crippen LogP contribution is -2.30. The molecule has 3 rings (SSSR count). The van der Waals surface area contributed by atoms with Gasteiger partial charge in [-0.3, -0.25) is 10.3 Å². The minimum atomic E-state index is -0.235. The molecule has 1 aliphatic carbocycles. The number of carbonyl (C=O) groups is 1. The number of carbonyl (C=O) groups excluding carboxylic acids is 1. The number of rotatable bonds is 5. The minimum Gasteiger partial charge on any atom is -0.363 e. The Labute approximate surface area is 122 Å². The molecule has 0 bridgehead atoms. The monoisotopic (exact) mass is 284 g/mol. The van der Waals surface area contributed by atoms with Crippen LogP contribution in [0.2, 0.25) is 0 Å². The fraction of sp³-hybridized carbons (Fsp3) is 0.286. The van der Waals surface area contributed by atoms with E-state index in [-0.39, 0.29) is 6.03 Å². The van der Waals surface area contributed by atoms with Gasteiger partial charge >= 0.3 is 6.03 Å². The third kappa shape index (κ3) is 4.13. The molecule has 0 atom stereocenters. The summed E-state index contributed by atoms with van der Waals surface area (Å²) in [4.78, 5) is 15.8. The van der Waals surface area contributed by atoms with E-state index in [0.717, 1.165) is 18.5 Å². The molecule has 2 aromatic heterocycles. The number of pyridine rings is 1. The maximum absolute atomic E-state index is 11.5. The first kappa shape index (κ1) is 13.3. The molecule has 0 spiro atoms. The van der Waals surface area contributed by atoms with E-state index in [0.29, 0.717) is 24.2 Å². The van der Waals surface area contributed by atoms with Gasteiger partial charge in [-0.05, 0) is 37.1 Å². The standard InChI is InChI=1S/C14H16N6O/c21-14(17-10-4-5-10)18-13-7-6-12(19-20-13)16-9-11-3-1-2-8-15-11/h1-3,6-8,10H,4-5,9H2,(H,16,19)(H2,17,18,20,21). The first-order chi connectivity index (χ1) is 10.3.